The van der Waals surface area contributed by atoms with Gasteiger partial charge in [0.05, 0.1) is 0 Å². The van der Waals surface area contributed by atoms with Crippen molar-refractivity contribution in [3.05, 3.63) is 28.8 Å². The van der Waals surface area contributed by atoms with Crippen molar-refractivity contribution in [2.45, 2.75) is 78.6 Å². The Kier molecular flexibility index (Phi) is 7.62. The molecule has 1 nitrogen and oxygen atoms in total. The first kappa shape index (κ1) is 16.1. The molecule has 0 unspecified atom stereocenters. The number of unbranched alkanes of at least 4 members (excludes halogenated alkanes) is 5. The molecule has 1 aromatic rings. The number of aryl methyl sites for hydroxylation is 3. The minimum atomic E-state index is 0.524. The van der Waals surface area contributed by atoms with Crippen LogP contribution in [-0.2, 0) is 12.8 Å². The summed E-state index contributed by atoms with van der Waals surface area (Å²) in [6.07, 6.45) is 11.0. The molecule has 0 saturated heterocycles. The third kappa shape index (κ3) is 5.67. The van der Waals surface area contributed by atoms with E-state index in [2.05, 4.69) is 26.0 Å². The highest BCUT2D eigenvalue weighted by atomic mass is 16.3. The van der Waals surface area contributed by atoms with Crippen LogP contribution in [-0.4, -0.2) is 5.11 Å². The van der Waals surface area contributed by atoms with E-state index in [0.717, 1.165) is 24.0 Å². The zero-order valence-electron chi connectivity index (χ0n) is 13.0. The smallest absolute Gasteiger partial charge is 0.121 e. The normalized spacial score (nSPS) is 10.9. The van der Waals surface area contributed by atoms with Gasteiger partial charge in [0.25, 0.3) is 0 Å². The van der Waals surface area contributed by atoms with Gasteiger partial charge in [0.1, 0.15) is 5.75 Å². The van der Waals surface area contributed by atoms with E-state index in [4.69, 9.17) is 0 Å². The van der Waals surface area contributed by atoms with Crippen LogP contribution < -0.4 is 0 Å². The van der Waals surface area contributed by atoms with Gasteiger partial charge in [-0.05, 0) is 49.3 Å². The first-order valence-electron chi connectivity index (χ1n) is 8.00. The molecule has 0 amide bonds. The van der Waals surface area contributed by atoms with Crippen molar-refractivity contribution >= 4 is 0 Å². The molecule has 19 heavy (non-hydrogen) atoms. The van der Waals surface area contributed by atoms with Gasteiger partial charge in [-0.25, -0.2) is 0 Å². The average molecular weight is 262 g/mol. The SMILES string of the molecule is CCCCCCc1cc(CCCCC)cc(C)c1O. The molecular weight excluding hydrogens is 232 g/mol. The topological polar surface area (TPSA) is 20.2 Å². The molecule has 0 aliphatic rings. The predicted molar refractivity (Wildman–Crippen MR) is 83.9 cm³/mol. The van der Waals surface area contributed by atoms with Gasteiger partial charge >= 0.3 is 0 Å². The number of rotatable bonds is 9. The predicted octanol–water partition coefficient (Wildman–Crippen LogP) is 5.56. The van der Waals surface area contributed by atoms with Gasteiger partial charge in [0.15, 0.2) is 0 Å². The lowest BCUT2D eigenvalue weighted by molar-refractivity contribution is 0.461. The molecule has 0 heterocycles. The highest BCUT2D eigenvalue weighted by Crippen LogP contribution is 2.26. The van der Waals surface area contributed by atoms with E-state index in [1.165, 1.54) is 50.5 Å². The van der Waals surface area contributed by atoms with E-state index < -0.39 is 0 Å². The van der Waals surface area contributed by atoms with Crippen LogP contribution in [0.1, 0.15) is 75.5 Å². The molecule has 0 radical (unpaired) electrons. The second kappa shape index (κ2) is 9.01. The van der Waals surface area contributed by atoms with Crippen LogP contribution in [0.4, 0.5) is 0 Å². The van der Waals surface area contributed by atoms with Crippen molar-refractivity contribution in [1.82, 2.24) is 0 Å². The Morgan fingerprint density at radius 1 is 0.842 bits per heavy atom. The molecule has 108 valence electrons. The second-order valence-corrected chi connectivity index (χ2v) is 5.69. The molecule has 0 spiro atoms. The monoisotopic (exact) mass is 262 g/mol. The van der Waals surface area contributed by atoms with E-state index in [-0.39, 0.29) is 0 Å². The van der Waals surface area contributed by atoms with Crippen molar-refractivity contribution in [2.75, 3.05) is 0 Å². The van der Waals surface area contributed by atoms with E-state index in [9.17, 15) is 5.11 Å². The van der Waals surface area contributed by atoms with Gasteiger partial charge in [-0.2, -0.15) is 0 Å². The lowest BCUT2D eigenvalue weighted by atomic mass is 9.97. The summed E-state index contributed by atoms with van der Waals surface area (Å²) in [7, 11) is 0. The van der Waals surface area contributed by atoms with Crippen LogP contribution in [0.2, 0.25) is 0 Å². The fraction of sp³-hybridized carbons (Fsp3) is 0.667. The molecule has 1 heteroatoms. The molecule has 0 aliphatic carbocycles. The summed E-state index contributed by atoms with van der Waals surface area (Å²) in [5, 5.41) is 10.2. The Balaban J connectivity index is 2.62. The van der Waals surface area contributed by atoms with Crippen molar-refractivity contribution in [1.29, 1.82) is 0 Å². The lowest BCUT2D eigenvalue weighted by Crippen LogP contribution is -1.94. The number of phenols is 1. The van der Waals surface area contributed by atoms with Crippen molar-refractivity contribution in [2.24, 2.45) is 0 Å². The first-order chi connectivity index (χ1) is 9.19. The van der Waals surface area contributed by atoms with Gasteiger partial charge < -0.3 is 5.11 Å². The van der Waals surface area contributed by atoms with E-state index >= 15 is 0 Å². The fourth-order valence-electron chi connectivity index (χ4n) is 2.59. The molecule has 0 atom stereocenters. The van der Waals surface area contributed by atoms with Gasteiger partial charge in [0, 0.05) is 0 Å². The molecular formula is C18H30O. The minimum Gasteiger partial charge on any atom is -0.507 e. The lowest BCUT2D eigenvalue weighted by Gasteiger charge is -2.11. The number of hydrogen-bond donors (Lipinski definition) is 1. The number of hydrogen-bond acceptors (Lipinski definition) is 1. The maximum atomic E-state index is 10.2. The highest BCUT2D eigenvalue weighted by Gasteiger charge is 2.07. The summed E-state index contributed by atoms with van der Waals surface area (Å²) in [5.41, 5.74) is 3.59. The van der Waals surface area contributed by atoms with Crippen molar-refractivity contribution < 1.29 is 5.11 Å². The Bertz CT molecular complexity index is 368. The maximum Gasteiger partial charge on any atom is 0.121 e. The van der Waals surface area contributed by atoms with Crippen LogP contribution in [0, 0.1) is 6.92 Å². The summed E-state index contributed by atoms with van der Waals surface area (Å²) >= 11 is 0. The van der Waals surface area contributed by atoms with E-state index in [1.54, 1.807) is 0 Å². The first-order valence-corrected chi connectivity index (χ1v) is 8.00. The van der Waals surface area contributed by atoms with Crippen LogP contribution in [0.3, 0.4) is 0 Å². The minimum absolute atomic E-state index is 0.524. The summed E-state index contributed by atoms with van der Waals surface area (Å²) in [4.78, 5) is 0. The van der Waals surface area contributed by atoms with Gasteiger partial charge in [-0.1, -0.05) is 58.1 Å². The Morgan fingerprint density at radius 2 is 1.47 bits per heavy atom. The fourth-order valence-corrected chi connectivity index (χ4v) is 2.59. The zero-order valence-corrected chi connectivity index (χ0v) is 13.0. The quantitative estimate of drug-likeness (QED) is 0.578. The van der Waals surface area contributed by atoms with Crippen LogP contribution in [0.15, 0.2) is 12.1 Å². The third-order valence-corrected chi connectivity index (χ3v) is 3.81. The number of benzene rings is 1. The molecule has 1 N–H and O–H groups in total. The molecule has 0 fully saturated rings. The maximum absolute atomic E-state index is 10.2. The largest absolute Gasteiger partial charge is 0.507 e. The van der Waals surface area contributed by atoms with Gasteiger partial charge in [-0.3, -0.25) is 0 Å². The molecule has 0 bridgehead atoms. The summed E-state index contributed by atoms with van der Waals surface area (Å²) in [5.74, 6) is 0.524. The highest BCUT2D eigenvalue weighted by molar-refractivity contribution is 5.43. The second-order valence-electron chi connectivity index (χ2n) is 5.69. The van der Waals surface area contributed by atoms with Crippen molar-refractivity contribution in [3.63, 3.8) is 0 Å². The van der Waals surface area contributed by atoms with Crippen LogP contribution in [0.25, 0.3) is 0 Å². The van der Waals surface area contributed by atoms with Crippen LogP contribution in [0.5, 0.6) is 5.75 Å². The number of aromatic hydroxyl groups is 1. The van der Waals surface area contributed by atoms with E-state index in [1.807, 2.05) is 6.92 Å². The molecule has 0 saturated carbocycles. The van der Waals surface area contributed by atoms with Gasteiger partial charge in [-0.15, -0.1) is 0 Å². The summed E-state index contributed by atoms with van der Waals surface area (Å²) < 4.78 is 0. The Morgan fingerprint density at radius 3 is 2.16 bits per heavy atom. The molecule has 1 rings (SSSR count). The van der Waals surface area contributed by atoms with E-state index in [0.29, 0.717) is 5.75 Å². The summed E-state index contributed by atoms with van der Waals surface area (Å²) in [6, 6.07) is 4.38. The standard InChI is InChI=1S/C18H30O/c1-4-6-8-10-12-17-14-16(11-9-7-5-2)13-15(3)18(17)19/h13-14,19H,4-12H2,1-3H3. The molecule has 1 aromatic carbocycles. The average Bonchev–Trinajstić information content (AvgIpc) is 2.40. The molecule has 0 aromatic heterocycles. The third-order valence-electron chi connectivity index (χ3n) is 3.81. The van der Waals surface area contributed by atoms with Gasteiger partial charge in [0.2, 0.25) is 0 Å². The molecule has 0 aliphatic heterocycles. The van der Waals surface area contributed by atoms with Crippen molar-refractivity contribution in [3.8, 4) is 5.75 Å². The Hall–Kier alpha value is -0.980. The summed E-state index contributed by atoms with van der Waals surface area (Å²) in [6.45, 7) is 6.49. The Labute approximate surface area is 119 Å². The van der Waals surface area contributed by atoms with Crippen LogP contribution >= 0.6 is 0 Å². The number of phenolic OH excluding ortho intramolecular Hbond substituents is 1. The zero-order chi connectivity index (χ0) is 14.1.